The summed E-state index contributed by atoms with van der Waals surface area (Å²) in [6.45, 7) is 4.40. The van der Waals surface area contributed by atoms with Crippen LogP contribution in [0.2, 0.25) is 0 Å². The number of nitrogens with zero attached hydrogens (tertiary/aromatic N) is 4. The van der Waals surface area contributed by atoms with Crippen LogP contribution in [0, 0.1) is 22.9 Å². The molecule has 0 aliphatic carbocycles. The van der Waals surface area contributed by atoms with E-state index in [1.165, 1.54) is 48.2 Å². The summed E-state index contributed by atoms with van der Waals surface area (Å²) < 4.78 is 15.6. The maximum Gasteiger partial charge on any atom is 0.269 e. The smallest absolute Gasteiger partial charge is 0.269 e. The van der Waals surface area contributed by atoms with E-state index in [1.807, 2.05) is 11.5 Å². The van der Waals surface area contributed by atoms with E-state index < -0.39 is 16.6 Å². The van der Waals surface area contributed by atoms with Gasteiger partial charge in [-0.15, -0.1) is 10.2 Å². The van der Waals surface area contributed by atoms with Gasteiger partial charge in [0, 0.05) is 37.3 Å². The minimum atomic E-state index is -0.586. The van der Waals surface area contributed by atoms with Crippen molar-refractivity contribution in [1.82, 2.24) is 20.1 Å². The van der Waals surface area contributed by atoms with Gasteiger partial charge >= 0.3 is 0 Å². The maximum atomic E-state index is 13.7. The Hall–Kier alpha value is -3.80. The van der Waals surface area contributed by atoms with Crippen molar-refractivity contribution in [2.24, 2.45) is 0 Å². The number of nitro groups is 1. The molecule has 10 nitrogen and oxygen atoms in total. The van der Waals surface area contributed by atoms with Crippen LogP contribution in [0.25, 0.3) is 0 Å². The molecule has 0 saturated carbocycles. The SMILES string of the molecule is CCn1c(CCNC(=O)c2ccccc2F)nnc1SCC(=O)Nc1ccc([N+](=O)[O-])cc1C. The molecule has 0 saturated heterocycles. The van der Waals surface area contributed by atoms with Crippen LogP contribution in [0.3, 0.4) is 0 Å². The Labute approximate surface area is 199 Å². The first-order valence-electron chi connectivity index (χ1n) is 10.4. The van der Waals surface area contributed by atoms with Crippen LogP contribution >= 0.6 is 11.8 Å². The zero-order valence-corrected chi connectivity index (χ0v) is 19.4. The number of thioether (sulfide) groups is 1. The van der Waals surface area contributed by atoms with Crippen molar-refractivity contribution in [3.8, 4) is 0 Å². The van der Waals surface area contributed by atoms with Crippen LogP contribution in [0.1, 0.15) is 28.7 Å². The van der Waals surface area contributed by atoms with Gasteiger partial charge in [0.05, 0.1) is 16.2 Å². The van der Waals surface area contributed by atoms with Crippen LogP contribution < -0.4 is 10.6 Å². The van der Waals surface area contributed by atoms with Gasteiger partial charge < -0.3 is 15.2 Å². The van der Waals surface area contributed by atoms with Gasteiger partial charge in [0.15, 0.2) is 5.16 Å². The highest BCUT2D eigenvalue weighted by Gasteiger charge is 2.16. The van der Waals surface area contributed by atoms with Crippen molar-refractivity contribution in [3.63, 3.8) is 0 Å². The number of rotatable bonds is 10. The van der Waals surface area contributed by atoms with E-state index in [-0.39, 0.29) is 29.5 Å². The monoisotopic (exact) mass is 486 g/mol. The van der Waals surface area contributed by atoms with Gasteiger partial charge in [-0.25, -0.2) is 4.39 Å². The lowest BCUT2D eigenvalue weighted by Crippen LogP contribution is -2.27. The second kappa shape index (κ2) is 11.4. The summed E-state index contributed by atoms with van der Waals surface area (Å²) in [5, 5.41) is 25.1. The number of anilines is 1. The van der Waals surface area contributed by atoms with Gasteiger partial charge in [0.2, 0.25) is 5.91 Å². The number of aryl methyl sites for hydroxylation is 1. The standard InChI is InChI=1S/C22H23FN6O4S/c1-3-28-19(10-11-24-21(31)16-6-4-5-7-17(16)23)26-27-22(28)34-13-20(30)25-18-9-8-15(29(32)33)12-14(18)2/h4-9,12H,3,10-11,13H2,1-2H3,(H,24,31)(H,25,30). The third-order valence-electron chi connectivity index (χ3n) is 4.89. The van der Waals surface area contributed by atoms with E-state index >= 15 is 0 Å². The number of amides is 2. The molecule has 0 bridgehead atoms. The number of hydrogen-bond donors (Lipinski definition) is 2. The summed E-state index contributed by atoms with van der Waals surface area (Å²) in [7, 11) is 0. The summed E-state index contributed by atoms with van der Waals surface area (Å²) in [6.07, 6.45) is 0.385. The van der Waals surface area contributed by atoms with Crippen LogP contribution in [-0.4, -0.2) is 43.8 Å². The molecule has 12 heteroatoms. The van der Waals surface area contributed by atoms with Crippen LogP contribution in [0.4, 0.5) is 15.8 Å². The lowest BCUT2D eigenvalue weighted by molar-refractivity contribution is -0.384. The average Bonchev–Trinajstić information content (AvgIpc) is 3.20. The largest absolute Gasteiger partial charge is 0.351 e. The van der Waals surface area contributed by atoms with E-state index in [0.717, 1.165) is 0 Å². The molecule has 2 N–H and O–H groups in total. The van der Waals surface area contributed by atoms with Gasteiger partial charge in [-0.3, -0.25) is 19.7 Å². The lowest BCUT2D eigenvalue weighted by Gasteiger charge is -2.10. The van der Waals surface area contributed by atoms with Crippen molar-refractivity contribution >= 4 is 35.0 Å². The zero-order chi connectivity index (χ0) is 24.7. The minimum Gasteiger partial charge on any atom is -0.351 e. The molecule has 0 fully saturated rings. The fourth-order valence-corrected chi connectivity index (χ4v) is 4.00. The number of nitrogens with one attached hydrogen (secondary N) is 2. The molecular weight excluding hydrogens is 463 g/mol. The zero-order valence-electron chi connectivity index (χ0n) is 18.6. The second-order valence-corrected chi connectivity index (χ2v) is 8.16. The Bertz CT molecular complexity index is 1220. The van der Waals surface area contributed by atoms with E-state index in [4.69, 9.17) is 0 Å². The second-order valence-electron chi connectivity index (χ2n) is 7.22. The molecule has 0 aliphatic heterocycles. The van der Waals surface area contributed by atoms with Gasteiger partial charge in [-0.2, -0.15) is 0 Å². The van der Waals surface area contributed by atoms with Crippen molar-refractivity contribution in [2.45, 2.75) is 32.0 Å². The third-order valence-corrected chi connectivity index (χ3v) is 5.86. The van der Waals surface area contributed by atoms with E-state index in [9.17, 15) is 24.1 Å². The number of carbonyl (C=O) groups excluding carboxylic acids is 2. The molecule has 0 unspecified atom stereocenters. The van der Waals surface area contributed by atoms with E-state index in [0.29, 0.717) is 35.2 Å². The maximum absolute atomic E-state index is 13.7. The first kappa shape index (κ1) is 24.8. The fourth-order valence-electron chi connectivity index (χ4n) is 3.17. The van der Waals surface area contributed by atoms with Crippen molar-refractivity contribution < 1.29 is 18.9 Å². The quantitative estimate of drug-likeness (QED) is 0.255. The van der Waals surface area contributed by atoms with Gasteiger partial charge in [-0.05, 0) is 37.6 Å². The summed E-state index contributed by atoms with van der Waals surface area (Å²) in [5.41, 5.74) is 1.02. The predicted octanol–water partition coefficient (Wildman–Crippen LogP) is 3.36. The lowest BCUT2D eigenvalue weighted by atomic mass is 10.2. The molecule has 0 radical (unpaired) electrons. The number of hydrogen-bond acceptors (Lipinski definition) is 7. The molecule has 34 heavy (non-hydrogen) atoms. The number of aromatic nitrogens is 3. The van der Waals surface area contributed by atoms with Gasteiger partial charge in [-0.1, -0.05) is 23.9 Å². The number of non-ortho nitro benzene ring substituents is 1. The Balaban J connectivity index is 1.54. The van der Waals surface area contributed by atoms with Crippen LogP contribution in [0.5, 0.6) is 0 Å². The highest BCUT2D eigenvalue weighted by atomic mass is 32.2. The highest BCUT2D eigenvalue weighted by molar-refractivity contribution is 7.99. The molecule has 0 atom stereocenters. The molecular formula is C22H23FN6O4S. The van der Waals surface area contributed by atoms with Gasteiger partial charge in [0.1, 0.15) is 11.6 Å². The number of nitro benzene ring substituents is 1. The van der Waals surface area contributed by atoms with E-state index in [1.54, 1.807) is 13.0 Å². The minimum absolute atomic E-state index is 0.0232. The number of benzene rings is 2. The fraction of sp³-hybridized carbons (Fsp3) is 0.273. The molecule has 0 aliphatic rings. The average molecular weight is 487 g/mol. The Morgan fingerprint density at radius 3 is 2.65 bits per heavy atom. The van der Waals surface area contributed by atoms with Crippen molar-refractivity contribution in [1.29, 1.82) is 0 Å². The third kappa shape index (κ3) is 6.16. The van der Waals surface area contributed by atoms with Crippen LogP contribution in [0.15, 0.2) is 47.6 Å². The number of carbonyl (C=O) groups is 2. The normalized spacial score (nSPS) is 10.7. The summed E-state index contributed by atoms with van der Waals surface area (Å²) in [6, 6.07) is 9.98. The Morgan fingerprint density at radius 2 is 1.97 bits per heavy atom. The molecule has 1 heterocycles. The Morgan fingerprint density at radius 1 is 1.21 bits per heavy atom. The first-order chi connectivity index (χ1) is 16.3. The predicted molar refractivity (Wildman–Crippen MR) is 125 cm³/mol. The molecule has 1 aromatic heterocycles. The van der Waals surface area contributed by atoms with E-state index in [2.05, 4.69) is 20.8 Å². The molecule has 3 rings (SSSR count). The molecule has 2 amide bonds. The van der Waals surface area contributed by atoms with Gasteiger partial charge in [0.25, 0.3) is 11.6 Å². The topological polar surface area (TPSA) is 132 Å². The molecule has 3 aromatic rings. The summed E-state index contributed by atoms with van der Waals surface area (Å²) in [4.78, 5) is 34.9. The summed E-state index contributed by atoms with van der Waals surface area (Å²) in [5.74, 6) is -0.679. The summed E-state index contributed by atoms with van der Waals surface area (Å²) >= 11 is 1.20. The van der Waals surface area contributed by atoms with Crippen molar-refractivity contribution in [3.05, 3.63) is 75.3 Å². The highest BCUT2D eigenvalue weighted by Crippen LogP contribution is 2.22. The Kier molecular flexibility index (Phi) is 8.30. The molecule has 0 spiro atoms. The first-order valence-corrected chi connectivity index (χ1v) is 11.4. The van der Waals surface area contributed by atoms with Crippen molar-refractivity contribution in [2.75, 3.05) is 17.6 Å². The van der Waals surface area contributed by atoms with Crippen LogP contribution in [-0.2, 0) is 17.8 Å². The molecule has 2 aromatic carbocycles. The number of halogens is 1. The molecule has 178 valence electrons.